The van der Waals surface area contributed by atoms with Gasteiger partial charge in [0.05, 0.1) is 0 Å². The predicted octanol–water partition coefficient (Wildman–Crippen LogP) is 4.90. The molecule has 2 unspecified atom stereocenters. The molecule has 1 aromatic carbocycles. The highest BCUT2D eigenvalue weighted by Gasteiger charge is 2.09. The van der Waals surface area contributed by atoms with Gasteiger partial charge < -0.3 is 5.32 Å². The number of hydrogen-bond acceptors (Lipinski definition) is 1. The Morgan fingerprint density at radius 3 is 2.06 bits per heavy atom. The zero-order valence-corrected chi connectivity index (χ0v) is 12.0. The summed E-state index contributed by atoms with van der Waals surface area (Å²) in [6.07, 6.45) is 1.23. The van der Waals surface area contributed by atoms with E-state index in [9.17, 15) is 0 Å². The van der Waals surface area contributed by atoms with E-state index in [4.69, 9.17) is 0 Å². The first-order valence-electron chi connectivity index (χ1n) is 6.88. The van der Waals surface area contributed by atoms with Crippen LogP contribution in [0.4, 0.5) is 5.69 Å². The molecule has 0 aliphatic carbocycles. The predicted molar refractivity (Wildman–Crippen MR) is 77.6 cm³/mol. The van der Waals surface area contributed by atoms with Gasteiger partial charge >= 0.3 is 0 Å². The van der Waals surface area contributed by atoms with Crippen molar-refractivity contribution < 1.29 is 0 Å². The lowest BCUT2D eigenvalue weighted by molar-refractivity contribution is 0.535. The number of benzene rings is 1. The van der Waals surface area contributed by atoms with Gasteiger partial charge in [-0.05, 0) is 35.4 Å². The molecular formula is C16H27N. The van der Waals surface area contributed by atoms with E-state index in [0.717, 1.165) is 12.5 Å². The summed E-state index contributed by atoms with van der Waals surface area (Å²) in [7, 11) is 0. The SMILES string of the molecule is CCC(C)CNc1ccc(C(C)C(C)C)cc1. The molecule has 96 valence electrons. The topological polar surface area (TPSA) is 12.0 Å². The molecule has 0 aliphatic rings. The fourth-order valence-electron chi connectivity index (χ4n) is 1.73. The average Bonchev–Trinajstić information content (AvgIpc) is 2.35. The molecule has 1 nitrogen and oxygen atoms in total. The monoisotopic (exact) mass is 233 g/mol. The standard InChI is InChI=1S/C16H27N/c1-6-13(4)11-17-16-9-7-15(8-10-16)14(5)12(2)3/h7-10,12-14,17H,6,11H2,1-5H3. The third-order valence-electron chi connectivity index (χ3n) is 3.79. The van der Waals surface area contributed by atoms with Crippen LogP contribution < -0.4 is 5.32 Å². The van der Waals surface area contributed by atoms with Gasteiger partial charge in [0.25, 0.3) is 0 Å². The van der Waals surface area contributed by atoms with E-state index >= 15 is 0 Å². The summed E-state index contributed by atoms with van der Waals surface area (Å²) in [6, 6.07) is 8.92. The van der Waals surface area contributed by atoms with Crippen LogP contribution in [0, 0.1) is 11.8 Å². The Kier molecular flexibility index (Phi) is 5.54. The Balaban J connectivity index is 2.56. The van der Waals surface area contributed by atoms with Crippen LogP contribution in [0.1, 0.15) is 52.5 Å². The van der Waals surface area contributed by atoms with E-state index in [2.05, 4.69) is 64.2 Å². The summed E-state index contributed by atoms with van der Waals surface area (Å²) in [5.74, 6) is 2.08. The fraction of sp³-hybridized carbons (Fsp3) is 0.625. The molecule has 1 heteroatoms. The Morgan fingerprint density at radius 1 is 1.00 bits per heavy atom. The highest BCUT2D eigenvalue weighted by molar-refractivity contribution is 5.45. The van der Waals surface area contributed by atoms with Crippen molar-refractivity contribution in [2.45, 2.75) is 47.0 Å². The van der Waals surface area contributed by atoms with Gasteiger partial charge in [-0.25, -0.2) is 0 Å². The number of hydrogen-bond donors (Lipinski definition) is 1. The summed E-state index contributed by atoms with van der Waals surface area (Å²) >= 11 is 0. The summed E-state index contributed by atoms with van der Waals surface area (Å²) in [6.45, 7) is 12.4. The first-order valence-corrected chi connectivity index (χ1v) is 6.88. The van der Waals surface area contributed by atoms with Crippen LogP contribution in [0.5, 0.6) is 0 Å². The molecule has 0 heterocycles. The number of rotatable bonds is 6. The van der Waals surface area contributed by atoms with Gasteiger partial charge in [0, 0.05) is 12.2 Å². The highest BCUT2D eigenvalue weighted by Crippen LogP contribution is 2.24. The molecule has 17 heavy (non-hydrogen) atoms. The molecule has 1 N–H and O–H groups in total. The summed E-state index contributed by atoms with van der Waals surface area (Å²) < 4.78 is 0. The molecule has 0 spiro atoms. The highest BCUT2D eigenvalue weighted by atomic mass is 14.9. The van der Waals surface area contributed by atoms with Gasteiger partial charge in [-0.1, -0.05) is 53.2 Å². The average molecular weight is 233 g/mol. The van der Waals surface area contributed by atoms with Crippen LogP contribution in [0.2, 0.25) is 0 Å². The normalized spacial score (nSPS) is 14.7. The van der Waals surface area contributed by atoms with Gasteiger partial charge in [-0.3, -0.25) is 0 Å². The van der Waals surface area contributed by atoms with Crippen molar-refractivity contribution in [1.82, 2.24) is 0 Å². The second kappa shape index (κ2) is 6.68. The number of anilines is 1. The molecule has 1 rings (SSSR count). The third-order valence-corrected chi connectivity index (χ3v) is 3.79. The minimum absolute atomic E-state index is 0.638. The van der Waals surface area contributed by atoms with Crippen molar-refractivity contribution in [2.24, 2.45) is 11.8 Å². The summed E-state index contributed by atoms with van der Waals surface area (Å²) in [5.41, 5.74) is 2.68. The number of nitrogens with one attached hydrogen (secondary N) is 1. The maximum Gasteiger partial charge on any atom is 0.0340 e. The Bertz CT molecular complexity index is 313. The zero-order valence-electron chi connectivity index (χ0n) is 12.0. The van der Waals surface area contributed by atoms with Gasteiger partial charge in [-0.15, -0.1) is 0 Å². The van der Waals surface area contributed by atoms with Crippen LogP contribution in [-0.2, 0) is 0 Å². The maximum absolute atomic E-state index is 3.49. The van der Waals surface area contributed by atoms with Crippen molar-refractivity contribution in [2.75, 3.05) is 11.9 Å². The third kappa shape index (κ3) is 4.41. The summed E-state index contributed by atoms with van der Waals surface area (Å²) in [4.78, 5) is 0. The molecule has 0 saturated carbocycles. The Hall–Kier alpha value is -0.980. The molecule has 0 fully saturated rings. The first-order chi connectivity index (χ1) is 8.04. The van der Waals surface area contributed by atoms with Crippen LogP contribution in [0.15, 0.2) is 24.3 Å². The van der Waals surface area contributed by atoms with Gasteiger partial charge in [-0.2, -0.15) is 0 Å². The van der Waals surface area contributed by atoms with Crippen LogP contribution >= 0.6 is 0 Å². The van der Waals surface area contributed by atoms with Crippen molar-refractivity contribution in [3.63, 3.8) is 0 Å². The smallest absolute Gasteiger partial charge is 0.0340 e. The lowest BCUT2D eigenvalue weighted by atomic mass is 9.90. The molecule has 0 radical (unpaired) electrons. The molecule has 0 aromatic heterocycles. The molecule has 0 amide bonds. The van der Waals surface area contributed by atoms with E-state index in [1.807, 2.05) is 0 Å². The minimum Gasteiger partial charge on any atom is -0.385 e. The van der Waals surface area contributed by atoms with Gasteiger partial charge in [0.15, 0.2) is 0 Å². The van der Waals surface area contributed by atoms with Gasteiger partial charge in [0.1, 0.15) is 0 Å². The largest absolute Gasteiger partial charge is 0.385 e. The van der Waals surface area contributed by atoms with Crippen molar-refractivity contribution >= 4 is 5.69 Å². The Labute approximate surface area is 107 Å². The van der Waals surface area contributed by atoms with E-state index in [-0.39, 0.29) is 0 Å². The summed E-state index contributed by atoms with van der Waals surface area (Å²) in [5, 5.41) is 3.49. The van der Waals surface area contributed by atoms with E-state index in [1.54, 1.807) is 0 Å². The lowest BCUT2D eigenvalue weighted by Crippen LogP contribution is -2.10. The Morgan fingerprint density at radius 2 is 1.59 bits per heavy atom. The van der Waals surface area contributed by atoms with E-state index < -0.39 is 0 Å². The minimum atomic E-state index is 0.638. The van der Waals surface area contributed by atoms with Crippen LogP contribution in [-0.4, -0.2) is 6.54 Å². The fourth-order valence-corrected chi connectivity index (χ4v) is 1.73. The maximum atomic E-state index is 3.49. The molecule has 0 aliphatic heterocycles. The molecule has 0 bridgehead atoms. The van der Waals surface area contributed by atoms with E-state index in [0.29, 0.717) is 11.8 Å². The van der Waals surface area contributed by atoms with Crippen LogP contribution in [0.3, 0.4) is 0 Å². The zero-order chi connectivity index (χ0) is 12.8. The quantitative estimate of drug-likeness (QED) is 0.736. The van der Waals surface area contributed by atoms with E-state index in [1.165, 1.54) is 17.7 Å². The van der Waals surface area contributed by atoms with Crippen molar-refractivity contribution in [1.29, 1.82) is 0 Å². The molecule has 2 atom stereocenters. The second-order valence-corrected chi connectivity index (χ2v) is 5.55. The molecular weight excluding hydrogens is 206 g/mol. The first kappa shape index (κ1) is 14.1. The molecule has 0 saturated heterocycles. The molecule has 1 aromatic rings. The lowest BCUT2D eigenvalue weighted by Gasteiger charge is -2.17. The van der Waals surface area contributed by atoms with Crippen molar-refractivity contribution in [3.05, 3.63) is 29.8 Å². The van der Waals surface area contributed by atoms with Crippen LogP contribution in [0.25, 0.3) is 0 Å². The second-order valence-electron chi connectivity index (χ2n) is 5.55. The van der Waals surface area contributed by atoms with Crippen molar-refractivity contribution in [3.8, 4) is 0 Å². The van der Waals surface area contributed by atoms with Gasteiger partial charge in [0.2, 0.25) is 0 Å².